The van der Waals surface area contributed by atoms with Gasteiger partial charge in [0.15, 0.2) is 5.96 Å². The molecule has 0 spiro atoms. The van der Waals surface area contributed by atoms with Crippen molar-refractivity contribution in [3.63, 3.8) is 0 Å². The summed E-state index contributed by atoms with van der Waals surface area (Å²) in [4.78, 5) is 4.40. The fraction of sp³-hybridized carbons (Fsp3) is 0.727. The Hall–Kier alpha value is -1.07. The molecule has 0 saturated heterocycles. The molecule has 1 heterocycles. The predicted molar refractivity (Wildman–Crippen MR) is 67.8 cm³/mol. The molecule has 0 aliphatic carbocycles. The Labute approximate surface area is 97.4 Å². The molecule has 0 radical (unpaired) electrons. The van der Waals surface area contributed by atoms with Crippen molar-refractivity contribution in [3.8, 4) is 0 Å². The third-order valence-electron chi connectivity index (χ3n) is 2.73. The number of rotatable bonds is 3. The minimum Gasteiger partial charge on any atom is -0.370 e. The van der Waals surface area contributed by atoms with Crippen molar-refractivity contribution in [1.82, 2.24) is 10.6 Å². The zero-order valence-corrected chi connectivity index (χ0v) is 10.6. The maximum absolute atomic E-state index is 5.82. The zero-order valence-electron chi connectivity index (χ0n) is 10.6. The first-order valence-corrected chi connectivity index (χ1v) is 5.58. The molecule has 0 amide bonds. The molecular weight excluding hydrogens is 202 g/mol. The van der Waals surface area contributed by atoms with Crippen molar-refractivity contribution in [2.45, 2.75) is 32.9 Å². The number of guanidine groups is 1. The summed E-state index contributed by atoms with van der Waals surface area (Å²) in [6.45, 7) is 6.96. The van der Waals surface area contributed by atoms with Crippen LogP contribution in [0.2, 0.25) is 0 Å². The van der Waals surface area contributed by atoms with E-state index in [0.29, 0.717) is 12.5 Å². The summed E-state index contributed by atoms with van der Waals surface area (Å²) in [5.41, 5.74) is 12.1. The average Bonchev–Trinajstić information content (AvgIpc) is 2.16. The quantitative estimate of drug-likeness (QED) is 0.548. The van der Waals surface area contributed by atoms with Gasteiger partial charge in [-0.3, -0.25) is 5.32 Å². The molecule has 92 valence electrons. The van der Waals surface area contributed by atoms with Crippen molar-refractivity contribution in [1.29, 1.82) is 0 Å². The predicted octanol–water partition coefficient (Wildman–Crippen LogP) is 0.0988. The highest BCUT2D eigenvalue weighted by Gasteiger charge is 2.32. The molecule has 1 atom stereocenters. The number of allylic oxidation sites excluding steroid dienone is 1. The van der Waals surface area contributed by atoms with Gasteiger partial charge in [0.1, 0.15) is 5.66 Å². The molecule has 0 aromatic carbocycles. The summed E-state index contributed by atoms with van der Waals surface area (Å²) in [6.07, 6.45) is 2.81. The lowest BCUT2D eigenvalue weighted by Gasteiger charge is -2.35. The molecule has 6 N–H and O–H groups in total. The van der Waals surface area contributed by atoms with Crippen LogP contribution < -0.4 is 22.1 Å². The second-order valence-corrected chi connectivity index (χ2v) is 5.14. The molecule has 1 aliphatic heterocycles. The van der Waals surface area contributed by atoms with Crippen LogP contribution >= 0.6 is 0 Å². The molecule has 5 nitrogen and oxygen atoms in total. The lowest BCUT2D eigenvalue weighted by molar-refractivity contribution is 0.392. The van der Waals surface area contributed by atoms with Crippen LogP contribution in [0.4, 0.5) is 0 Å². The minimum atomic E-state index is -0.466. The maximum atomic E-state index is 5.82. The summed E-state index contributed by atoms with van der Waals surface area (Å²) < 4.78 is 0. The summed E-state index contributed by atoms with van der Waals surface area (Å²) in [5.74, 6) is 0.440. The highest BCUT2D eigenvalue weighted by Crippen LogP contribution is 2.29. The number of nitrogens with one attached hydrogen (secondary N) is 2. The monoisotopic (exact) mass is 225 g/mol. The van der Waals surface area contributed by atoms with Gasteiger partial charge in [-0.1, -0.05) is 20.8 Å². The average molecular weight is 225 g/mol. The Morgan fingerprint density at radius 1 is 1.50 bits per heavy atom. The van der Waals surface area contributed by atoms with E-state index < -0.39 is 5.66 Å². The number of nitrogens with zero attached hydrogens (tertiary/aromatic N) is 1. The van der Waals surface area contributed by atoms with Gasteiger partial charge in [0.2, 0.25) is 0 Å². The second-order valence-electron chi connectivity index (χ2n) is 5.14. The van der Waals surface area contributed by atoms with Gasteiger partial charge in [0, 0.05) is 17.5 Å². The molecule has 1 unspecified atom stereocenters. The molecule has 0 bridgehead atoms. The second kappa shape index (κ2) is 4.43. The summed E-state index contributed by atoms with van der Waals surface area (Å²) in [7, 11) is 1.87. The van der Waals surface area contributed by atoms with Gasteiger partial charge in [-0.05, 0) is 19.7 Å². The van der Waals surface area contributed by atoms with Crippen LogP contribution in [0.1, 0.15) is 27.2 Å². The van der Waals surface area contributed by atoms with E-state index in [1.54, 1.807) is 0 Å². The normalized spacial score (nSPS) is 25.8. The van der Waals surface area contributed by atoms with Crippen molar-refractivity contribution in [3.05, 3.63) is 11.8 Å². The highest BCUT2D eigenvalue weighted by molar-refractivity contribution is 5.81. The fourth-order valence-electron chi connectivity index (χ4n) is 1.69. The van der Waals surface area contributed by atoms with Crippen LogP contribution in [-0.2, 0) is 0 Å². The van der Waals surface area contributed by atoms with E-state index in [1.165, 1.54) is 0 Å². The van der Waals surface area contributed by atoms with Crippen LogP contribution in [0.25, 0.3) is 0 Å². The Morgan fingerprint density at radius 3 is 2.56 bits per heavy atom. The van der Waals surface area contributed by atoms with Crippen LogP contribution in [0.3, 0.4) is 0 Å². The van der Waals surface area contributed by atoms with E-state index in [1.807, 2.05) is 7.05 Å². The van der Waals surface area contributed by atoms with Crippen LogP contribution in [0, 0.1) is 5.41 Å². The van der Waals surface area contributed by atoms with E-state index in [9.17, 15) is 0 Å². The van der Waals surface area contributed by atoms with Crippen LogP contribution in [0.5, 0.6) is 0 Å². The van der Waals surface area contributed by atoms with Crippen molar-refractivity contribution < 1.29 is 0 Å². The third kappa shape index (κ3) is 2.74. The summed E-state index contributed by atoms with van der Waals surface area (Å²) in [6, 6.07) is 0. The van der Waals surface area contributed by atoms with Gasteiger partial charge in [0.25, 0.3) is 0 Å². The first-order chi connectivity index (χ1) is 7.33. The first-order valence-electron chi connectivity index (χ1n) is 5.58. The molecule has 5 heteroatoms. The van der Waals surface area contributed by atoms with Gasteiger partial charge in [-0.2, -0.15) is 0 Å². The van der Waals surface area contributed by atoms with Crippen molar-refractivity contribution in [2.24, 2.45) is 21.9 Å². The fourth-order valence-corrected chi connectivity index (χ4v) is 1.69. The van der Waals surface area contributed by atoms with E-state index in [4.69, 9.17) is 11.5 Å². The Kier molecular flexibility index (Phi) is 3.60. The lowest BCUT2D eigenvalue weighted by atomic mass is 9.88. The summed E-state index contributed by atoms with van der Waals surface area (Å²) in [5, 5.41) is 6.30. The molecule has 0 fully saturated rings. The molecule has 0 aromatic rings. The number of likely N-dealkylation sites (N-methyl/N-ethyl adjacent to an activating group) is 1. The molecular formula is C11H23N5. The SMILES string of the molecule is CNC1(CCN)C=C(C(C)(C)C)NC(N)=N1. The smallest absolute Gasteiger partial charge is 0.195 e. The maximum Gasteiger partial charge on any atom is 0.195 e. The Bertz CT molecular complexity index is 313. The molecule has 1 aliphatic rings. The minimum absolute atomic E-state index is 0.0112. The van der Waals surface area contributed by atoms with Crippen molar-refractivity contribution >= 4 is 5.96 Å². The number of hydrogen-bond donors (Lipinski definition) is 4. The van der Waals surface area contributed by atoms with Gasteiger partial charge in [0.05, 0.1) is 0 Å². The van der Waals surface area contributed by atoms with Gasteiger partial charge in [-0.25, -0.2) is 4.99 Å². The largest absolute Gasteiger partial charge is 0.370 e. The van der Waals surface area contributed by atoms with Gasteiger partial charge in [-0.15, -0.1) is 0 Å². The molecule has 1 rings (SSSR count). The topological polar surface area (TPSA) is 88.5 Å². The van der Waals surface area contributed by atoms with E-state index in [-0.39, 0.29) is 5.41 Å². The summed E-state index contributed by atoms with van der Waals surface area (Å²) >= 11 is 0. The van der Waals surface area contributed by atoms with Gasteiger partial charge >= 0.3 is 0 Å². The number of aliphatic imine (C=N–C) groups is 1. The standard InChI is InChI=1S/C11H23N5/c1-10(2,3)8-7-11(14-4,5-6-12)16-9(13)15-8/h7,14H,5-6,12H2,1-4H3,(H3,13,15,16). The first kappa shape index (κ1) is 13.0. The Balaban J connectivity index is 3.08. The molecule has 0 aromatic heterocycles. The number of nitrogens with two attached hydrogens (primary N) is 2. The number of hydrogen-bond acceptors (Lipinski definition) is 5. The highest BCUT2D eigenvalue weighted by atomic mass is 15.2. The van der Waals surface area contributed by atoms with Crippen LogP contribution in [0.15, 0.2) is 16.8 Å². The lowest BCUT2D eigenvalue weighted by Crippen LogP contribution is -2.51. The van der Waals surface area contributed by atoms with Gasteiger partial charge < -0.3 is 16.8 Å². The molecule has 16 heavy (non-hydrogen) atoms. The van der Waals surface area contributed by atoms with E-state index in [2.05, 4.69) is 42.5 Å². The Morgan fingerprint density at radius 2 is 2.12 bits per heavy atom. The van der Waals surface area contributed by atoms with E-state index in [0.717, 1.165) is 12.1 Å². The zero-order chi connectivity index (χ0) is 12.4. The van der Waals surface area contributed by atoms with Crippen LogP contribution in [-0.4, -0.2) is 25.2 Å². The third-order valence-corrected chi connectivity index (χ3v) is 2.73. The van der Waals surface area contributed by atoms with Crippen molar-refractivity contribution in [2.75, 3.05) is 13.6 Å². The molecule has 0 saturated carbocycles. The van der Waals surface area contributed by atoms with E-state index >= 15 is 0 Å².